The molecule has 8 heteroatoms. The number of aromatic nitrogens is 5. The number of pyridine rings is 1. The van der Waals surface area contributed by atoms with Crippen molar-refractivity contribution in [1.82, 2.24) is 24.7 Å². The summed E-state index contributed by atoms with van der Waals surface area (Å²) >= 11 is 5.78. The van der Waals surface area contributed by atoms with Crippen LogP contribution in [0.2, 0.25) is 5.02 Å². The second-order valence-corrected chi connectivity index (χ2v) is 7.84. The summed E-state index contributed by atoms with van der Waals surface area (Å²) in [5, 5.41) is 4.18. The molecule has 0 radical (unpaired) electrons. The number of aryl methyl sites for hydroxylation is 3. The second kappa shape index (κ2) is 11.6. The molecule has 1 aromatic carbocycles. The molecule has 1 aliphatic rings. The van der Waals surface area contributed by atoms with Crippen molar-refractivity contribution in [1.29, 1.82) is 0 Å². The Kier molecular flexibility index (Phi) is 8.64. The van der Waals surface area contributed by atoms with Gasteiger partial charge in [0.2, 0.25) is 0 Å². The van der Waals surface area contributed by atoms with E-state index in [1.807, 2.05) is 33.2 Å². The first-order chi connectivity index (χ1) is 15.5. The summed E-state index contributed by atoms with van der Waals surface area (Å²) in [6, 6.07) is 8.17. The number of benzene rings is 1. The van der Waals surface area contributed by atoms with E-state index in [1.165, 1.54) is 25.3 Å². The normalized spacial score (nSPS) is 13.0. The predicted octanol–water partition coefficient (Wildman–Crippen LogP) is 5.71. The van der Waals surface area contributed by atoms with Gasteiger partial charge in [0, 0.05) is 49.4 Å². The highest BCUT2D eigenvalue weighted by Crippen LogP contribution is 2.28. The molecule has 32 heavy (non-hydrogen) atoms. The van der Waals surface area contributed by atoms with Crippen LogP contribution in [0.3, 0.4) is 0 Å². The van der Waals surface area contributed by atoms with E-state index in [0.29, 0.717) is 27.3 Å². The van der Waals surface area contributed by atoms with Crippen LogP contribution < -0.4 is 0 Å². The number of halogens is 2. The van der Waals surface area contributed by atoms with Gasteiger partial charge in [-0.15, -0.1) is 0 Å². The number of hydrogen-bond donors (Lipinski definition) is 0. The topological polar surface area (TPSA) is 65.7 Å². The van der Waals surface area contributed by atoms with Gasteiger partial charge < -0.3 is 4.74 Å². The van der Waals surface area contributed by atoms with E-state index in [-0.39, 0.29) is 0 Å². The molecule has 3 aromatic heterocycles. The molecule has 0 saturated carbocycles. The Morgan fingerprint density at radius 3 is 2.28 bits per heavy atom. The zero-order valence-corrected chi connectivity index (χ0v) is 19.3. The lowest BCUT2D eigenvalue weighted by atomic mass is 10.1. The van der Waals surface area contributed by atoms with Gasteiger partial charge in [0.05, 0.1) is 16.9 Å². The number of nitrogens with zero attached hydrogens (tertiary/aromatic N) is 5. The van der Waals surface area contributed by atoms with Gasteiger partial charge in [-0.05, 0) is 63.4 Å². The fraction of sp³-hybridized carbons (Fsp3) is 0.333. The molecule has 5 rings (SSSR count). The number of ether oxygens (including phenoxy) is 1. The third-order valence-corrected chi connectivity index (χ3v) is 5.13. The summed E-state index contributed by atoms with van der Waals surface area (Å²) in [7, 11) is 1.89. The lowest BCUT2D eigenvalue weighted by Crippen LogP contribution is -2.03. The summed E-state index contributed by atoms with van der Waals surface area (Å²) in [5.74, 6) is -0.419. The van der Waals surface area contributed by atoms with Gasteiger partial charge in [-0.3, -0.25) is 9.67 Å². The third-order valence-electron chi connectivity index (χ3n) is 4.89. The summed E-state index contributed by atoms with van der Waals surface area (Å²) in [6.45, 7) is 5.77. The van der Waals surface area contributed by atoms with E-state index in [0.717, 1.165) is 24.6 Å². The van der Waals surface area contributed by atoms with E-state index >= 15 is 0 Å². The molecule has 4 heterocycles. The minimum Gasteiger partial charge on any atom is -0.381 e. The van der Waals surface area contributed by atoms with E-state index in [1.54, 1.807) is 35.3 Å². The fourth-order valence-corrected chi connectivity index (χ4v) is 3.22. The zero-order chi connectivity index (χ0) is 22.9. The van der Waals surface area contributed by atoms with E-state index < -0.39 is 5.82 Å². The van der Waals surface area contributed by atoms with Gasteiger partial charge in [0.1, 0.15) is 17.0 Å². The van der Waals surface area contributed by atoms with Gasteiger partial charge >= 0.3 is 0 Å². The largest absolute Gasteiger partial charge is 0.381 e. The number of fused-ring (bicyclic) bond motifs is 1. The lowest BCUT2D eigenvalue weighted by Gasteiger charge is -2.08. The SMILES string of the molecule is C1CCOCC1.Cc1nc2ccnc(-c3ccc(Cl)cc3F)c2nc1C.Cn1cccn1. The van der Waals surface area contributed by atoms with Gasteiger partial charge in [0.25, 0.3) is 0 Å². The first-order valence-electron chi connectivity index (χ1n) is 10.5. The minimum atomic E-state index is -0.419. The zero-order valence-electron chi connectivity index (χ0n) is 18.6. The van der Waals surface area contributed by atoms with Crippen molar-refractivity contribution in [2.45, 2.75) is 33.1 Å². The Bertz CT molecular complexity index is 1140. The molecule has 0 atom stereocenters. The van der Waals surface area contributed by atoms with Crippen molar-refractivity contribution in [3.8, 4) is 11.3 Å². The molecule has 1 fully saturated rings. The van der Waals surface area contributed by atoms with Gasteiger partial charge in [-0.1, -0.05) is 11.6 Å². The fourth-order valence-electron chi connectivity index (χ4n) is 3.07. The van der Waals surface area contributed by atoms with E-state index in [9.17, 15) is 4.39 Å². The van der Waals surface area contributed by atoms with Crippen molar-refractivity contribution >= 4 is 22.6 Å². The van der Waals surface area contributed by atoms with Crippen LogP contribution in [0.4, 0.5) is 4.39 Å². The lowest BCUT2D eigenvalue weighted by molar-refractivity contribution is 0.0968. The number of rotatable bonds is 1. The average Bonchev–Trinajstić information content (AvgIpc) is 3.28. The highest BCUT2D eigenvalue weighted by atomic mass is 35.5. The first-order valence-corrected chi connectivity index (χ1v) is 10.9. The van der Waals surface area contributed by atoms with Crippen molar-refractivity contribution in [3.05, 3.63) is 71.2 Å². The Balaban J connectivity index is 0.000000195. The Labute approximate surface area is 192 Å². The Hall–Kier alpha value is -2.90. The second-order valence-electron chi connectivity index (χ2n) is 7.40. The molecule has 1 saturated heterocycles. The van der Waals surface area contributed by atoms with E-state index in [2.05, 4.69) is 20.1 Å². The maximum Gasteiger partial charge on any atom is 0.134 e. The summed E-state index contributed by atoms with van der Waals surface area (Å²) in [4.78, 5) is 13.2. The van der Waals surface area contributed by atoms with Crippen LogP contribution in [0.1, 0.15) is 30.7 Å². The van der Waals surface area contributed by atoms with Crippen LogP contribution in [0.5, 0.6) is 0 Å². The highest BCUT2D eigenvalue weighted by Gasteiger charge is 2.13. The Morgan fingerprint density at radius 1 is 1.00 bits per heavy atom. The molecule has 6 nitrogen and oxygen atoms in total. The van der Waals surface area contributed by atoms with Crippen molar-refractivity contribution in [2.75, 3.05) is 13.2 Å². The van der Waals surface area contributed by atoms with Gasteiger partial charge in [-0.2, -0.15) is 5.10 Å². The molecular formula is C24H27ClFN5O. The van der Waals surface area contributed by atoms with Crippen LogP contribution in [0.25, 0.3) is 22.3 Å². The van der Waals surface area contributed by atoms with Crippen LogP contribution in [-0.2, 0) is 11.8 Å². The predicted molar refractivity (Wildman–Crippen MR) is 125 cm³/mol. The molecular weight excluding hydrogens is 429 g/mol. The maximum atomic E-state index is 14.1. The van der Waals surface area contributed by atoms with Crippen molar-refractivity contribution in [2.24, 2.45) is 7.05 Å². The van der Waals surface area contributed by atoms with Crippen LogP contribution in [-0.4, -0.2) is 37.9 Å². The van der Waals surface area contributed by atoms with Crippen molar-refractivity contribution < 1.29 is 9.13 Å². The third kappa shape index (κ3) is 6.55. The monoisotopic (exact) mass is 455 g/mol. The molecule has 168 valence electrons. The highest BCUT2D eigenvalue weighted by molar-refractivity contribution is 6.30. The standard InChI is InChI=1S/C15H11ClFN3.C5H10O.C4H6N2/c1-8-9(2)20-15-13(19-8)5-6-18-14(15)11-4-3-10(16)7-12(11)17;1-2-4-6-5-3-1;1-6-4-2-3-5-6/h3-7H,1-2H3;1-5H2;2-4H,1H3. The number of hydrogen-bond acceptors (Lipinski definition) is 5. The quantitative estimate of drug-likeness (QED) is 0.368. The summed E-state index contributed by atoms with van der Waals surface area (Å²) < 4.78 is 20.9. The Morgan fingerprint density at radius 2 is 1.75 bits per heavy atom. The van der Waals surface area contributed by atoms with Gasteiger partial charge in [-0.25, -0.2) is 14.4 Å². The minimum absolute atomic E-state index is 0.351. The molecule has 0 bridgehead atoms. The molecule has 0 spiro atoms. The molecule has 1 aliphatic heterocycles. The summed E-state index contributed by atoms with van der Waals surface area (Å²) in [6.07, 6.45) is 9.18. The van der Waals surface area contributed by atoms with E-state index in [4.69, 9.17) is 16.3 Å². The average molecular weight is 456 g/mol. The smallest absolute Gasteiger partial charge is 0.134 e. The first kappa shape index (κ1) is 23.8. The molecule has 4 aromatic rings. The van der Waals surface area contributed by atoms with Crippen molar-refractivity contribution in [3.63, 3.8) is 0 Å². The van der Waals surface area contributed by atoms with Crippen LogP contribution in [0.15, 0.2) is 48.9 Å². The molecule has 0 N–H and O–H groups in total. The van der Waals surface area contributed by atoms with Gasteiger partial charge in [0.15, 0.2) is 0 Å². The molecule has 0 aliphatic carbocycles. The molecule has 0 unspecified atom stereocenters. The maximum absolute atomic E-state index is 14.1. The van der Waals surface area contributed by atoms with Crippen LogP contribution >= 0.6 is 11.6 Å². The summed E-state index contributed by atoms with van der Waals surface area (Å²) in [5.41, 5.74) is 3.81. The molecule has 0 amide bonds. The van der Waals surface area contributed by atoms with Crippen LogP contribution in [0, 0.1) is 19.7 Å².